The summed E-state index contributed by atoms with van der Waals surface area (Å²) in [5.74, 6) is 4.33. The lowest BCUT2D eigenvalue weighted by molar-refractivity contribution is 0.209. The van der Waals surface area contributed by atoms with Crippen molar-refractivity contribution in [1.29, 1.82) is 0 Å². The molecule has 0 nitrogen and oxygen atoms in total. The summed E-state index contributed by atoms with van der Waals surface area (Å²) in [6, 6.07) is 0. The Hall–Kier alpha value is 0. The van der Waals surface area contributed by atoms with Crippen LogP contribution in [0.15, 0.2) is 0 Å². The molecule has 0 radical (unpaired) electrons. The first-order valence-corrected chi connectivity index (χ1v) is 12.3. The van der Waals surface area contributed by atoms with Gasteiger partial charge in [0.2, 0.25) is 0 Å². The second kappa shape index (κ2) is 17.4. The minimum atomic E-state index is 1.07. The monoisotopic (exact) mass is 352 g/mol. The predicted octanol–water partition coefficient (Wildman–Crippen LogP) is 9.42. The van der Waals surface area contributed by atoms with Crippen LogP contribution in [-0.2, 0) is 0 Å². The summed E-state index contributed by atoms with van der Waals surface area (Å²) in [6.07, 6.45) is 22.2. The highest BCUT2D eigenvalue weighted by Crippen LogP contribution is 2.36. The summed E-state index contributed by atoms with van der Waals surface area (Å²) in [7, 11) is 0. The summed E-state index contributed by atoms with van der Waals surface area (Å²) in [4.78, 5) is 0. The molecule has 25 heavy (non-hydrogen) atoms. The highest BCUT2D eigenvalue weighted by Gasteiger charge is 2.23. The zero-order chi connectivity index (χ0) is 18.9. The fraction of sp³-hybridized carbons (Fsp3) is 1.00. The van der Waals surface area contributed by atoms with Crippen LogP contribution in [0.2, 0.25) is 0 Å². The predicted molar refractivity (Wildman–Crippen MR) is 117 cm³/mol. The molecule has 0 N–H and O–H groups in total. The molecule has 0 aliphatic heterocycles. The third kappa shape index (κ3) is 10.7. The van der Waals surface area contributed by atoms with E-state index in [4.69, 9.17) is 0 Å². The summed E-state index contributed by atoms with van der Waals surface area (Å²) in [5, 5.41) is 0. The van der Waals surface area contributed by atoms with Gasteiger partial charge in [0.15, 0.2) is 0 Å². The van der Waals surface area contributed by atoms with Crippen molar-refractivity contribution < 1.29 is 0 Å². The molecule has 0 amide bonds. The first kappa shape index (κ1) is 25.0. The normalized spacial score (nSPS) is 29.0. The highest BCUT2D eigenvalue weighted by atomic mass is 14.3. The molecular formula is C25H52. The van der Waals surface area contributed by atoms with Crippen LogP contribution < -0.4 is 0 Å². The fourth-order valence-corrected chi connectivity index (χ4v) is 5.36. The van der Waals surface area contributed by atoms with Gasteiger partial charge in [-0.1, -0.05) is 138 Å². The van der Waals surface area contributed by atoms with Crippen molar-refractivity contribution in [2.45, 2.75) is 138 Å². The van der Waals surface area contributed by atoms with E-state index >= 15 is 0 Å². The molecule has 0 heterocycles. The summed E-state index contributed by atoms with van der Waals surface area (Å²) >= 11 is 0. The number of rotatable bonds is 7. The first-order valence-electron chi connectivity index (χ1n) is 12.3. The Balaban J connectivity index is 0.000000421. The van der Waals surface area contributed by atoms with E-state index in [-0.39, 0.29) is 0 Å². The molecule has 0 spiro atoms. The maximum absolute atomic E-state index is 2.36. The van der Waals surface area contributed by atoms with E-state index < -0.39 is 0 Å². The van der Waals surface area contributed by atoms with E-state index in [1.807, 2.05) is 13.8 Å². The average Bonchev–Trinajstić information content (AvgIpc) is 2.67. The van der Waals surface area contributed by atoms with Crippen LogP contribution >= 0.6 is 0 Å². The number of hydrogen-bond donors (Lipinski definition) is 0. The zero-order valence-electron chi connectivity index (χ0n) is 18.9. The van der Waals surface area contributed by atoms with Crippen molar-refractivity contribution in [3.63, 3.8) is 0 Å². The van der Waals surface area contributed by atoms with E-state index in [0.717, 1.165) is 23.7 Å². The van der Waals surface area contributed by atoms with Crippen molar-refractivity contribution in [2.75, 3.05) is 0 Å². The lowest BCUT2D eigenvalue weighted by Crippen LogP contribution is -2.19. The van der Waals surface area contributed by atoms with E-state index in [1.54, 1.807) is 0 Å². The molecule has 0 aromatic carbocycles. The molecule has 0 aromatic rings. The lowest BCUT2D eigenvalue weighted by atomic mass is 9.75. The SMILES string of the molecule is CC.CCCC1CCCC[C@@H]1CCC.CCC[C@H]1CCCC[C@H]1CC. The van der Waals surface area contributed by atoms with Crippen LogP contribution in [0.3, 0.4) is 0 Å². The van der Waals surface area contributed by atoms with Crippen molar-refractivity contribution in [1.82, 2.24) is 0 Å². The Morgan fingerprint density at radius 2 is 0.760 bits per heavy atom. The summed E-state index contributed by atoms with van der Waals surface area (Å²) < 4.78 is 0. The Kier molecular flexibility index (Phi) is 17.4. The molecule has 0 saturated heterocycles. The summed E-state index contributed by atoms with van der Waals surface area (Å²) in [6.45, 7) is 13.3. The smallest absolute Gasteiger partial charge is 0.0386 e. The van der Waals surface area contributed by atoms with Gasteiger partial charge in [-0.05, 0) is 23.7 Å². The van der Waals surface area contributed by atoms with E-state index in [0.29, 0.717) is 0 Å². The lowest BCUT2D eigenvalue weighted by Gasteiger charge is -2.31. The van der Waals surface area contributed by atoms with Gasteiger partial charge >= 0.3 is 0 Å². The van der Waals surface area contributed by atoms with Gasteiger partial charge in [0, 0.05) is 0 Å². The van der Waals surface area contributed by atoms with Gasteiger partial charge in [-0.2, -0.15) is 0 Å². The largest absolute Gasteiger partial charge is 0.0683 e. The van der Waals surface area contributed by atoms with Gasteiger partial charge in [-0.3, -0.25) is 0 Å². The Labute approximate surface area is 161 Å². The molecule has 2 fully saturated rings. The Morgan fingerprint density at radius 3 is 1.04 bits per heavy atom. The van der Waals surface area contributed by atoms with Crippen molar-refractivity contribution in [3.8, 4) is 0 Å². The van der Waals surface area contributed by atoms with Gasteiger partial charge in [0.25, 0.3) is 0 Å². The second-order valence-corrected chi connectivity index (χ2v) is 8.38. The molecule has 1 unspecified atom stereocenters. The minimum Gasteiger partial charge on any atom is -0.0683 e. The van der Waals surface area contributed by atoms with E-state index in [1.165, 1.54) is 96.3 Å². The van der Waals surface area contributed by atoms with Crippen LogP contribution in [0.5, 0.6) is 0 Å². The van der Waals surface area contributed by atoms with Gasteiger partial charge in [0.1, 0.15) is 0 Å². The Bertz CT molecular complexity index is 237. The van der Waals surface area contributed by atoms with Crippen LogP contribution in [0.1, 0.15) is 138 Å². The molecule has 2 aliphatic rings. The second-order valence-electron chi connectivity index (χ2n) is 8.38. The third-order valence-electron chi connectivity index (χ3n) is 6.64. The minimum absolute atomic E-state index is 1.07. The van der Waals surface area contributed by atoms with E-state index in [2.05, 4.69) is 27.7 Å². The molecule has 2 rings (SSSR count). The van der Waals surface area contributed by atoms with Crippen molar-refractivity contribution in [3.05, 3.63) is 0 Å². The van der Waals surface area contributed by atoms with Crippen LogP contribution in [0, 0.1) is 23.7 Å². The van der Waals surface area contributed by atoms with Gasteiger partial charge in [-0.25, -0.2) is 0 Å². The van der Waals surface area contributed by atoms with Gasteiger partial charge in [0.05, 0.1) is 0 Å². The van der Waals surface area contributed by atoms with Crippen LogP contribution in [0.4, 0.5) is 0 Å². The molecule has 0 aromatic heterocycles. The quantitative estimate of drug-likeness (QED) is 0.428. The molecule has 4 atom stereocenters. The number of hydrogen-bond acceptors (Lipinski definition) is 0. The highest BCUT2D eigenvalue weighted by molar-refractivity contribution is 4.75. The zero-order valence-corrected chi connectivity index (χ0v) is 18.9. The van der Waals surface area contributed by atoms with Crippen molar-refractivity contribution >= 4 is 0 Å². The van der Waals surface area contributed by atoms with Gasteiger partial charge < -0.3 is 0 Å². The van der Waals surface area contributed by atoms with Crippen LogP contribution in [-0.4, -0.2) is 0 Å². The molecule has 2 aliphatic carbocycles. The topological polar surface area (TPSA) is 0 Å². The van der Waals surface area contributed by atoms with Gasteiger partial charge in [-0.15, -0.1) is 0 Å². The van der Waals surface area contributed by atoms with Crippen molar-refractivity contribution in [2.24, 2.45) is 23.7 Å². The Morgan fingerprint density at radius 1 is 0.480 bits per heavy atom. The molecule has 152 valence electrons. The fourth-order valence-electron chi connectivity index (χ4n) is 5.36. The maximum atomic E-state index is 2.36. The molecule has 0 bridgehead atoms. The summed E-state index contributed by atoms with van der Waals surface area (Å²) in [5.41, 5.74) is 0. The third-order valence-corrected chi connectivity index (χ3v) is 6.64. The van der Waals surface area contributed by atoms with Crippen LogP contribution in [0.25, 0.3) is 0 Å². The molecular weight excluding hydrogens is 300 g/mol. The molecule has 0 heteroatoms. The van der Waals surface area contributed by atoms with E-state index in [9.17, 15) is 0 Å². The average molecular weight is 353 g/mol. The molecule has 2 saturated carbocycles. The maximum Gasteiger partial charge on any atom is -0.0386 e. The first-order chi connectivity index (χ1) is 12.3. The standard InChI is InChI=1S/C12H24.C11H22.C2H6/c1-3-7-11-9-5-6-10-12(11)8-4-2;1-3-7-11-9-6-5-8-10(11)4-2;1-2/h11-12H,3-10H2,1-2H3;10-11H,3-9H2,1-2H3;1-2H3/t11-,12?;10-,11+;/m01./s1.